The van der Waals surface area contributed by atoms with E-state index in [-0.39, 0.29) is 0 Å². The molecule has 1 fully saturated rings. The van der Waals surface area contributed by atoms with Crippen molar-refractivity contribution in [2.45, 2.75) is 73.3 Å². The molecule has 0 aromatic heterocycles. The van der Waals surface area contributed by atoms with Crippen LogP contribution in [0.1, 0.15) is 67.2 Å². The molecule has 2 unspecified atom stereocenters. The van der Waals surface area contributed by atoms with Gasteiger partial charge < -0.3 is 10.2 Å². The van der Waals surface area contributed by atoms with Crippen LogP contribution in [0.4, 0.5) is 0 Å². The highest BCUT2D eigenvalue weighted by Gasteiger charge is 2.35. The number of hydrogen-bond donors (Lipinski definition) is 1. The second-order valence-electron chi connectivity index (χ2n) is 7.97. The Morgan fingerprint density at radius 3 is 2.50 bits per heavy atom. The Bertz CT molecular complexity index is 260. The van der Waals surface area contributed by atoms with Gasteiger partial charge in [-0.25, -0.2) is 0 Å². The van der Waals surface area contributed by atoms with Crippen molar-refractivity contribution in [3.05, 3.63) is 0 Å². The van der Waals surface area contributed by atoms with Gasteiger partial charge in [-0.15, -0.1) is 0 Å². The Morgan fingerprint density at radius 2 is 1.95 bits per heavy atom. The summed E-state index contributed by atoms with van der Waals surface area (Å²) in [4.78, 5) is 2.66. The van der Waals surface area contributed by atoms with E-state index in [1.54, 1.807) is 0 Å². The number of nitrogens with zero attached hydrogens (tertiary/aromatic N) is 1. The first kappa shape index (κ1) is 18.0. The van der Waals surface area contributed by atoms with E-state index >= 15 is 0 Å². The van der Waals surface area contributed by atoms with Crippen LogP contribution in [0.3, 0.4) is 0 Å². The zero-order valence-corrected chi connectivity index (χ0v) is 14.8. The van der Waals surface area contributed by atoms with Crippen LogP contribution >= 0.6 is 0 Å². The largest absolute Gasteiger partial charge is 0.314 e. The van der Waals surface area contributed by atoms with Crippen LogP contribution in [0.15, 0.2) is 0 Å². The summed E-state index contributed by atoms with van der Waals surface area (Å²) >= 11 is 0. The average molecular weight is 283 g/mol. The van der Waals surface area contributed by atoms with Crippen molar-refractivity contribution in [1.82, 2.24) is 10.2 Å². The fourth-order valence-electron chi connectivity index (χ4n) is 3.71. The quantitative estimate of drug-likeness (QED) is 0.719. The van der Waals surface area contributed by atoms with Crippen LogP contribution in [-0.2, 0) is 0 Å². The summed E-state index contributed by atoms with van der Waals surface area (Å²) in [6, 6.07) is 0.740. The maximum absolute atomic E-state index is 3.82. The van der Waals surface area contributed by atoms with Crippen molar-refractivity contribution in [2.75, 3.05) is 26.2 Å². The minimum atomic E-state index is 0.534. The molecule has 0 radical (unpaired) electrons. The van der Waals surface area contributed by atoms with Crippen molar-refractivity contribution in [2.24, 2.45) is 17.3 Å². The Morgan fingerprint density at radius 1 is 1.25 bits per heavy atom. The predicted molar refractivity (Wildman–Crippen MR) is 90.2 cm³/mol. The fourth-order valence-corrected chi connectivity index (χ4v) is 3.71. The summed E-state index contributed by atoms with van der Waals surface area (Å²) in [5.41, 5.74) is 0.534. The molecular weight excluding hydrogens is 244 g/mol. The second-order valence-corrected chi connectivity index (χ2v) is 7.97. The van der Waals surface area contributed by atoms with E-state index in [0.717, 1.165) is 17.9 Å². The van der Waals surface area contributed by atoms with Crippen molar-refractivity contribution in [3.63, 3.8) is 0 Å². The van der Waals surface area contributed by atoms with Gasteiger partial charge in [0.2, 0.25) is 0 Å². The van der Waals surface area contributed by atoms with Gasteiger partial charge in [0.15, 0.2) is 0 Å². The van der Waals surface area contributed by atoms with E-state index in [9.17, 15) is 0 Å². The first-order valence-corrected chi connectivity index (χ1v) is 8.83. The summed E-state index contributed by atoms with van der Waals surface area (Å²) in [6.07, 6.45) is 5.36. The lowest BCUT2D eigenvalue weighted by Gasteiger charge is -2.43. The van der Waals surface area contributed by atoms with Crippen LogP contribution < -0.4 is 5.32 Å². The van der Waals surface area contributed by atoms with Crippen LogP contribution in [-0.4, -0.2) is 37.1 Å². The summed E-state index contributed by atoms with van der Waals surface area (Å²) in [7, 11) is 0. The summed E-state index contributed by atoms with van der Waals surface area (Å²) in [6.45, 7) is 19.0. The Kier molecular flexibility index (Phi) is 7.53. The van der Waals surface area contributed by atoms with Gasteiger partial charge >= 0.3 is 0 Å². The SMILES string of the molecule is CCCNC1CCC(C)(C)CC1CN(CC)CC(C)C. The molecule has 0 heterocycles. The van der Waals surface area contributed by atoms with Crippen LogP contribution in [0.5, 0.6) is 0 Å². The monoisotopic (exact) mass is 282 g/mol. The molecule has 20 heavy (non-hydrogen) atoms. The van der Waals surface area contributed by atoms with E-state index in [4.69, 9.17) is 0 Å². The van der Waals surface area contributed by atoms with Gasteiger partial charge in [0.25, 0.3) is 0 Å². The molecule has 0 saturated heterocycles. The van der Waals surface area contributed by atoms with Crippen molar-refractivity contribution >= 4 is 0 Å². The maximum Gasteiger partial charge on any atom is 0.0108 e. The van der Waals surface area contributed by atoms with Gasteiger partial charge in [-0.05, 0) is 56.0 Å². The number of hydrogen-bond acceptors (Lipinski definition) is 2. The molecule has 2 nitrogen and oxygen atoms in total. The molecule has 1 aliphatic rings. The third-order valence-electron chi connectivity index (χ3n) is 4.74. The molecule has 2 atom stereocenters. The smallest absolute Gasteiger partial charge is 0.0108 e. The highest BCUT2D eigenvalue weighted by Crippen LogP contribution is 2.39. The normalized spacial score (nSPS) is 26.4. The molecule has 1 aliphatic carbocycles. The standard InChI is InChI=1S/C18H38N2/c1-7-11-19-17-9-10-18(5,6)12-16(17)14-20(8-2)13-15(3)4/h15-17,19H,7-14H2,1-6H3. The van der Waals surface area contributed by atoms with Crippen molar-refractivity contribution in [1.29, 1.82) is 0 Å². The molecule has 0 amide bonds. The third kappa shape index (κ3) is 6.13. The van der Waals surface area contributed by atoms with E-state index < -0.39 is 0 Å². The van der Waals surface area contributed by atoms with E-state index in [1.807, 2.05) is 0 Å². The number of nitrogens with one attached hydrogen (secondary N) is 1. The summed E-state index contributed by atoms with van der Waals surface area (Å²) < 4.78 is 0. The Hall–Kier alpha value is -0.0800. The van der Waals surface area contributed by atoms with E-state index in [2.05, 4.69) is 51.8 Å². The minimum absolute atomic E-state index is 0.534. The third-order valence-corrected chi connectivity index (χ3v) is 4.74. The van der Waals surface area contributed by atoms with Gasteiger partial charge in [-0.2, -0.15) is 0 Å². The zero-order valence-electron chi connectivity index (χ0n) is 14.8. The molecular formula is C18H38N2. The molecule has 0 aromatic rings. The van der Waals surface area contributed by atoms with E-state index in [1.165, 1.54) is 51.9 Å². The van der Waals surface area contributed by atoms with Crippen molar-refractivity contribution in [3.8, 4) is 0 Å². The summed E-state index contributed by atoms with van der Waals surface area (Å²) in [5, 5.41) is 3.82. The van der Waals surface area contributed by atoms with Crippen LogP contribution in [0.25, 0.3) is 0 Å². The fraction of sp³-hybridized carbons (Fsp3) is 1.00. The van der Waals surface area contributed by atoms with Gasteiger partial charge in [0, 0.05) is 19.1 Å². The molecule has 0 aromatic carbocycles. The first-order valence-electron chi connectivity index (χ1n) is 8.83. The van der Waals surface area contributed by atoms with Crippen molar-refractivity contribution < 1.29 is 0 Å². The highest BCUT2D eigenvalue weighted by molar-refractivity contribution is 4.90. The molecule has 1 rings (SSSR count). The van der Waals surface area contributed by atoms with Crippen LogP contribution in [0.2, 0.25) is 0 Å². The number of rotatable bonds is 8. The van der Waals surface area contributed by atoms with E-state index in [0.29, 0.717) is 5.41 Å². The predicted octanol–water partition coefficient (Wildman–Crippen LogP) is 4.16. The highest BCUT2D eigenvalue weighted by atomic mass is 15.1. The van der Waals surface area contributed by atoms with Gasteiger partial charge in [0.05, 0.1) is 0 Å². The van der Waals surface area contributed by atoms with Gasteiger partial charge in [-0.3, -0.25) is 0 Å². The average Bonchev–Trinajstić information content (AvgIpc) is 2.35. The Labute approximate surface area is 127 Å². The lowest BCUT2D eigenvalue weighted by molar-refractivity contribution is 0.0972. The van der Waals surface area contributed by atoms with Gasteiger partial charge in [0.1, 0.15) is 0 Å². The maximum atomic E-state index is 3.82. The van der Waals surface area contributed by atoms with Crippen LogP contribution in [0, 0.1) is 17.3 Å². The molecule has 120 valence electrons. The topological polar surface area (TPSA) is 15.3 Å². The molecule has 0 spiro atoms. The molecule has 2 heteroatoms. The van der Waals surface area contributed by atoms with Gasteiger partial charge in [-0.1, -0.05) is 41.5 Å². The molecule has 1 N–H and O–H groups in total. The zero-order chi connectivity index (χ0) is 15.2. The minimum Gasteiger partial charge on any atom is -0.314 e. The molecule has 1 saturated carbocycles. The molecule has 0 bridgehead atoms. The lowest BCUT2D eigenvalue weighted by Crippen LogP contribution is -2.48. The summed E-state index contributed by atoms with van der Waals surface area (Å²) in [5.74, 6) is 1.60. The molecule has 0 aliphatic heterocycles. The lowest BCUT2D eigenvalue weighted by atomic mass is 9.69. The first-order chi connectivity index (χ1) is 9.38. The second kappa shape index (κ2) is 8.38. The Balaban J connectivity index is 2.62.